The molecule has 0 heterocycles. The summed E-state index contributed by atoms with van der Waals surface area (Å²) in [6.07, 6.45) is -0.0343. The number of hydrogen-bond donors (Lipinski definition) is 1. The molecular formula is C18H27NO6. The van der Waals surface area contributed by atoms with E-state index in [-0.39, 0.29) is 18.8 Å². The van der Waals surface area contributed by atoms with Crippen molar-refractivity contribution in [3.8, 4) is 5.75 Å². The van der Waals surface area contributed by atoms with Crippen LogP contribution in [0.15, 0.2) is 18.2 Å². The quantitative estimate of drug-likeness (QED) is 0.363. The maximum absolute atomic E-state index is 12.0. The molecule has 0 radical (unpaired) electrons. The molecule has 0 atom stereocenters. The summed E-state index contributed by atoms with van der Waals surface area (Å²) in [5.74, 6) is -0.699. The van der Waals surface area contributed by atoms with Crippen molar-refractivity contribution in [3.05, 3.63) is 23.8 Å². The summed E-state index contributed by atoms with van der Waals surface area (Å²) in [5.41, 5.74) is 5.52. The van der Waals surface area contributed by atoms with E-state index in [4.69, 9.17) is 25.0 Å². The Morgan fingerprint density at radius 2 is 1.52 bits per heavy atom. The predicted octanol–water partition coefficient (Wildman–Crippen LogP) is 2.81. The van der Waals surface area contributed by atoms with Crippen molar-refractivity contribution in [2.75, 3.05) is 12.3 Å². The third-order valence-electron chi connectivity index (χ3n) is 2.58. The number of esters is 2. The van der Waals surface area contributed by atoms with E-state index in [1.54, 1.807) is 59.7 Å². The highest BCUT2D eigenvalue weighted by Gasteiger charge is 2.20. The first-order chi connectivity index (χ1) is 11.4. The average molecular weight is 353 g/mol. The Bertz CT molecular complexity index is 613. The molecule has 25 heavy (non-hydrogen) atoms. The van der Waals surface area contributed by atoms with Gasteiger partial charge in [-0.15, -0.1) is 0 Å². The van der Waals surface area contributed by atoms with Crippen LogP contribution in [0.4, 0.5) is 5.69 Å². The molecule has 0 amide bonds. The maximum atomic E-state index is 12.0. The fraction of sp³-hybridized carbons (Fsp3) is 0.556. The second kappa shape index (κ2) is 8.20. The molecule has 2 N–H and O–H groups in total. The number of ether oxygens (including phenoxy) is 2. The monoisotopic (exact) mass is 353 g/mol. The van der Waals surface area contributed by atoms with Gasteiger partial charge in [-0.1, -0.05) is 0 Å². The molecule has 0 saturated heterocycles. The highest BCUT2D eigenvalue weighted by molar-refractivity contribution is 5.74. The van der Waals surface area contributed by atoms with Crippen LogP contribution in [-0.2, 0) is 30.4 Å². The summed E-state index contributed by atoms with van der Waals surface area (Å²) in [6, 6.07) is 4.75. The van der Waals surface area contributed by atoms with Crippen LogP contribution in [0.2, 0.25) is 0 Å². The predicted molar refractivity (Wildman–Crippen MR) is 92.8 cm³/mol. The molecule has 0 saturated carbocycles. The molecule has 0 aromatic heterocycles. The zero-order valence-electron chi connectivity index (χ0n) is 15.7. The molecule has 7 nitrogen and oxygen atoms in total. The third-order valence-corrected chi connectivity index (χ3v) is 2.58. The van der Waals surface area contributed by atoms with Crippen molar-refractivity contribution >= 4 is 17.6 Å². The van der Waals surface area contributed by atoms with Gasteiger partial charge in [-0.3, -0.25) is 4.79 Å². The molecule has 140 valence electrons. The molecule has 0 aliphatic carbocycles. The smallest absolute Gasteiger partial charge is 0.337 e. The van der Waals surface area contributed by atoms with Gasteiger partial charge in [0.2, 0.25) is 0 Å². The Kier molecular flexibility index (Phi) is 6.81. The number of carbonyl (C=O) groups excluding carboxylic acids is 2. The van der Waals surface area contributed by atoms with Crippen LogP contribution in [0.1, 0.15) is 47.1 Å². The lowest BCUT2D eigenvalue weighted by molar-refractivity contribution is -0.221. The van der Waals surface area contributed by atoms with Crippen molar-refractivity contribution < 1.29 is 28.8 Å². The number of benzene rings is 1. The van der Waals surface area contributed by atoms with Gasteiger partial charge < -0.3 is 20.1 Å². The van der Waals surface area contributed by atoms with Gasteiger partial charge in [-0.2, -0.15) is 4.89 Å². The van der Waals surface area contributed by atoms with Crippen LogP contribution < -0.4 is 10.6 Å². The summed E-state index contributed by atoms with van der Waals surface area (Å²) in [6.45, 7) is 10.2. The number of rotatable bonds is 6. The van der Waals surface area contributed by atoms with Gasteiger partial charge in [0.05, 0.1) is 6.42 Å². The first-order valence-electron chi connectivity index (χ1n) is 7.97. The molecule has 1 rings (SSSR count). The Labute approximate surface area is 148 Å². The molecular weight excluding hydrogens is 326 g/mol. The minimum atomic E-state index is -0.608. The van der Waals surface area contributed by atoms with E-state index in [1.165, 1.54) is 0 Å². The Balaban J connectivity index is 2.68. The SMILES string of the molecule is CC(C)(C)OC(=O)COOc1ccc(N)cc1CC(=O)OC(C)(C)C. The fourth-order valence-electron chi connectivity index (χ4n) is 1.86. The van der Waals surface area contributed by atoms with Crippen LogP contribution in [0, 0.1) is 0 Å². The highest BCUT2D eigenvalue weighted by atomic mass is 17.2. The number of nitrogen functional groups attached to an aromatic ring is 1. The average Bonchev–Trinajstić information content (AvgIpc) is 2.36. The van der Waals surface area contributed by atoms with E-state index in [2.05, 4.69) is 0 Å². The van der Waals surface area contributed by atoms with Crippen LogP contribution in [0.5, 0.6) is 5.75 Å². The summed E-state index contributed by atoms with van der Waals surface area (Å²) in [4.78, 5) is 33.7. The Hall–Kier alpha value is -2.28. The number of hydrogen-bond acceptors (Lipinski definition) is 7. The van der Waals surface area contributed by atoms with E-state index in [9.17, 15) is 9.59 Å². The van der Waals surface area contributed by atoms with Crippen LogP contribution in [0.3, 0.4) is 0 Å². The van der Waals surface area contributed by atoms with Crippen molar-refractivity contribution in [2.45, 2.75) is 59.2 Å². The van der Waals surface area contributed by atoms with Gasteiger partial charge in [0.1, 0.15) is 11.2 Å². The number of anilines is 1. The second-order valence-electron chi connectivity index (χ2n) is 7.56. The minimum Gasteiger partial charge on any atom is -0.460 e. The molecule has 1 aromatic rings. The molecule has 0 unspecified atom stereocenters. The zero-order valence-corrected chi connectivity index (χ0v) is 15.7. The lowest BCUT2D eigenvalue weighted by Gasteiger charge is -2.20. The Morgan fingerprint density at radius 3 is 2.08 bits per heavy atom. The lowest BCUT2D eigenvalue weighted by Crippen LogP contribution is -2.27. The molecule has 0 spiro atoms. The van der Waals surface area contributed by atoms with Crippen molar-refractivity contribution in [3.63, 3.8) is 0 Å². The summed E-state index contributed by atoms with van der Waals surface area (Å²) >= 11 is 0. The lowest BCUT2D eigenvalue weighted by atomic mass is 10.1. The first-order valence-corrected chi connectivity index (χ1v) is 7.97. The summed E-state index contributed by atoms with van der Waals surface area (Å²) < 4.78 is 10.4. The molecule has 0 fully saturated rings. The topological polar surface area (TPSA) is 97.1 Å². The summed E-state index contributed by atoms with van der Waals surface area (Å²) in [5, 5.41) is 0. The molecule has 0 aliphatic heterocycles. The third kappa shape index (κ3) is 8.95. The normalized spacial score (nSPS) is 11.8. The van der Waals surface area contributed by atoms with E-state index >= 15 is 0 Å². The van der Waals surface area contributed by atoms with E-state index in [0.29, 0.717) is 11.3 Å². The first kappa shape index (κ1) is 20.8. The van der Waals surface area contributed by atoms with E-state index in [0.717, 1.165) is 0 Å². The van der Waals surface area contributed by atoms with Crippen molar-refractivity contribution in [1.82, 2.24) is 0 Å². The minimum absolute atomic E-state index is 0.0343. The van der Waals surface area contributed by atoms with Crippen LogP contribution >= 0.6 is 0 Å². The van der Waals surface area contributed by atoms with E-state index in [1.807, 2.05) is 0 Å². The van der Waals surface area contributed by atoms with Gasteiger partial charge in [0.25, 0.3) is 0 Å². The van der Waals surface area contributed by atoms with E-state index < -0.39 is 23.1 Å². The van der Waals surface area contributed by atoms with Gasteiger partial charge in [-0.25, -0.2) is 4.79 Å². The molecule has 1 aromatic carbocycles. The molecule has 0 bridgehead atoms. The maximum Gasteiger partial charge on any atom is 0.337 e. The Morgan fingerprint density at radius 1 is 0.960 bits per heavy atom. The van der Waals surface area contributed by atoms with Gasteiger partial charge >= 0.3 is 11.9 Å². The van der Waals surface area contributed by atoms with Gasteiger partial charge in [-0.05, 0) is 59.7 Å². The molecule has 7 heteroatoms. The standard InChI is InChI=1S/C18H27NO6/c1-17(2,3)23-15(20)10-12-9-13(19)7-8-14(12)25-22-11-16(21)24-18(4,5)6/h7-9H,10-11,19H2,1-6H3. The zero-order chi connectivity index (χ0) is 19.3. The number of nitrogens with two attached hydrogens (primary N) is 1. The number of carbonyl (C=O) groups is 2. The molecule has 0 aliphatic rings. The largest absolute Gasteiger partial charge is 0.460 e. The van der Waals surface area contributed by atoms with Gasteiger partial charge in [0.15, 0.2) is 12.4 Å². The highest BCUT2D eigenvalue weighted by Crippen LogP contribution is 2.23. The van der Waals surface area contributed by atoms with Crippen molar-refractivity contribution in [1.29, 1.82) is 0 Å². The second-order valence-corrected chi connectivity index (χ2v) is 7.56. The van der Waals surface area contributed by atoms with Crippen LogP contribution in [-0.4, -0.2) is 29.7 Å². The van der Waals surface area contributed by atoms with Crippen LogP contribution in [0.25, 0.3) is 0 Å². The fourth-order valence-corrected chi connectivity index (χ4v) is 1.86. The summed E-state index contributed by atoms with van der Waals surface area (Å²) in [7, 11) is 0. The van der Waals surface area contributed by atoms with Crippen molar-refractivity contribution in [2.24, 2.45) is 0 Å². The van der Waals surface area contributed by atoms with Gasteiger partial charge in [0, 0.05) is 11.3 Å².